The Bertz CT molecular complexity index is 223. The molecule has 0 aliphatic heterocycles. The van der Waals surface area contributed by atoms with Crippen LogP contribution in [0.4, 0.5) is 0 Å². The molecule has 0 atom stereocenters. The molecule has 0 heterocycles. The second-order valence-corrected chi connectivity index (χ2v) is 3.96. The minimum atomic E-state index is -0.853. The maximum atomic E-state index is 11.5. The molecule has 0 spiro atoms. The Hall–Kier alpha value is -1.06. The molecule has 0 saturated heterocycles. The van der Waals surface area contributed by atoms with Crippen molar-refractivity contribution in [1.82, 2.24) is 4.90 Å². The predicted molar refractivity (Wildman–Crippen MR) is 51.8 cm³/mol. The van der Waals surface area contributed by atoms with Gasteiger partial charge in [-0.2, -0.15) is 0 Å². The van der Waals surface area contributed by atoms with E-state index in [1.54, 1.807) is 7.05 Å². The molecule has 80 valence electrons. The number of amides is 1. The highest BCUT2D eigenvalue weighted by atomic mass is 16.4. The molecule has 1 fully saturated rings. The van der Waals surface area contributed by atoms with E-state index in [0.717, 1.165) is 12.8 Å². The summed E-state index contributed by atoms with van der Waals surface area (Å²) < 4.78 is 0. The Balaban J connectivity index is 2.17. The molecular formula is C10H17NO3. The lowest BCUT2D eigenvalue weighted by molar-refractivity contribution is -0.138. The highest BCUT2D eigenvalue weighted by Gasteiger charge is 2.22. The number of carbonyl (C=O) groups excluding carboxylic acids is 1. The third-order valence-corrected chi connectivity index (χ3v) is 2.77. The molecule has 1 saturated carbocycles. The van der Waals surface area contributed by atoms with Crippen LogP contribution in [0.5, 0.6) is 0 Å². The Morgan fingerprint density at radius 2 is 2.07 bits per heavy atom. The van der Waals surface area contributed by atoms with Gasteiger partial charge in [-0.05, 0) is 18.8 Å². The summed E-state index contributed by atoms with van der Waals surface area (Å²) in [6.07, 6.45) is 4.16. The minimum Gasteiger partial charge on any atom is -0.481 e. The van der Waals surface area contributed by atoms with Crippen LogP contribution in [-0.2, 0) is 9.59 Å². The van der Waals surface area contributed by atoms with Crippen molar-refractivity contribution < 1.29 is 14.7 Å². The highest BCUT2D eigenvalue weighted by Crippen LogP contribution is 2.29. The number of carboxylic acids is 1. The molecule has 4 heteroatoms. The largest absolute Gasteiger partial charge is 0.481 e. The molecule has 1 amide bonds. The Kier molecular flexibility index (Phi) is 3.92. The van der Waals surface area contributed by atoms with Crippen LogP contribution in [0, 0.1) is 5.92 Å². The lowest BCUT2D eigenvalue weighted by Crippen LogP contribution is -2.31. The van der Waals surface area contributed by atoms with Crippen molar-refractivity contribution in [3.8, 4) is 0 Å². The monoisotopic (exact) mass is 199 g/mol. The van der Waals surface area contributed by atoms with Crippen molar-refractivity contribution in [2.24, 2.45) is 5.92 Å². The molecule has 4 nitrogen and oxygen atoms in total. The average molecular weight is 199 g/mol. The van der Waals surface area contributed by atoms with Gasteiger partial charge < -0.3 is 10.0 Å². The molecular weight excluding hydrogens is 182 g/mol. The Morgan fingerprint density at radius 1 is 1.43 bits per heavy atom. The zero-order chi connectivity index (χ0) is 10.6. The van der Waals surface area contributed by atoms with Crippen molar-refractivity contribution in [1.29, 1.82) is 0 Å². The van der Waals surface area contributed by atoms with E-state index < -0.39 is 5.97 Å². The van der Waals surface area contributed by atoms with Crippen LogP contribution in [0.15, 0.2) is 0 Å². The number of aliphatic carboxylic acids is 1. The van der Waals surface area contributed by atoms with Crippen LogP contribution in [0.2, 0.25) is 0 Å². The molecule has 1 rings (SSSR count). The summed E-state index contributed by atoms with van der Waals surface area (Å²) in [5.74, 6) is -0.223. The first kappa shape index (κ1) is 11.0. The van der Waals surface area contributed by atoms with Crippen LogP contribution in [0.1, 0.15) is 32.1 Å². The van der Waals surface area contributed by atoms with Gasteiger partial charge in [-0.1, -0.05) is 6.42 Å². The topological polar surface area (TPSA) is 57.6 Å². The van der Waals surface area contributed by atoms with E-state index in [9.17, 15) is 9.59 Å². The molecule has 0 aromatic carbocycles. The summed E-state index contributed by atoms with van der Waals surface area (Å²) in [6.45, 7) is 0.320. The molecule has 0 radical (unpaired) electrons. The standard InChI is InChI=1S/C10H17NO3/c1-11(6-5-10(13)14)9(12)7-8-3-2-4-8/h8H,2-7H2,1H3,(H,13,14). The van der Waals surface area contributed by atoms with Gasteiger partial charge in [0.1, 0.15) is 0 Å². The summed E-state index contributed by atoms with van der Waals surface area (Å²) >= 11 is 0. The molecule has 0 aromatic rings. The molecule has 14 heavy (non-hydrogen) atoms. The van der Waals surface area contributed by atoms with Crippen molar-refractivity contribution in [2.45, 2.75) is 32.1 Å². The van der Waals surface area contributed by atoms with Gasteiger partial charge in [0.15, 0.2) is 0 Å². The molecule has 1 N–H and O–H groups in total. The van der Waals surface area contributed by atoms with E-state index >= 15 is 0 Å². The fourth-order valence-electron chi connectivity index (χ4n) is 1.49. The summed E-state index contributed by atoms with van der Waals surface area (Å²) in [4.78, 5) is 23.3. The van der Waals surface area contributed by atoms with Gasteiger partial charge in [-0.3, -0.25) is 9.59 Å². The number of hydrogen-bond acceptors (Lipinski definition) is 2. The summed E-state index contributed by atoms with van der Waals surface area (Å²) in [7, 11) is 1.67. The smallest absolute Gasteiger partial charge is 0.305 e. The van der Waals surface area contributed by atoms with Crippen LogP contribution < -0.4 is 0 Å². The zero-order valence-corrected chi connectivity index (χ0v) is 8.53. The van der Waals surface area contributed by atoms with Crippen molar-refractivity contribution in [3.63, 3.8) is 0 Å². The first-order valence-electron chi connectivity index (χ1n) is 5.05. The first-order valence-corrected chi connectivity index (χ1v) is 5.05. The molecule has 1 aliphatic rings. The van der Waals surface area contributed by atoms with E-state index in [2.05, 4.69) is 0 Å². The van der Waals surface area contributed by atoms with Gasteiger partial charge >= 0.3 is 5.97 Å². The van der Waals surface area contributed by atoms with Gasteiger partial charge in [-0.15, -0.1) is 0 Å². The predicted octanol–water partition coefficient (Wildman–Crippen LogP) is 1.11. The second kappa shape index (κ2) is 4.98. The number of carbonyl (C=O) groups is 2. The van der Waals surface area contributed by atoms with Gasteiger partial charge in [-0.25, -0.2) is 0 Å². The zero-order valence-electron chi connectivity index (χ0n) is 8.53. The molecule has 1 aliphatic carbocycles. The number of carboxylic acid groups (broad SMARTS) is 1. The maximum Gasteiger partial charge on any atom is 0.305 e. The molecule has 0 unspecified atom stereocenters. The van der Waals surface area contributed by atoms with Gasteiger partial charge in [0.2, 0.25) is 5.91 Å². The Morgan fingerprint density at radius 3 is 2.50 bits per heavy atom. The fourth-order valence-corrected chi connectivity index (χ4v) is 1.49. The third kappa shape index (κ3) is 3.36. The average Bonchev–Trinajstić information content (AvgIpc) is 2.06. The van der Waals surface area contributed by atoms with Crippen molar-refractivity contribution in [3.05, 3.63) is 0 Å². The van der Waals surface area contributed by atoms with Gasteiger partial charge in [0.05, 0.1) is 6.42 Å². The second-order valence-electron chi connectivity index (χ2n) is 3.96. The van der Waals surface area contributed by atoms with E-state index in [-0.39, 0.29) is 12.3 Å². The normalized spacial score (nSPS) is 16.1. The van der Waals surface area contributed by atoms with Gasteiger partial charge in [0, 0.05) is 20.0 Å². The molecule has 0 aromatic heterocycles. The number of nitrogens with zero attached hydrogens (tertiary/aromatic N) is 1. The van der Waals surface area contributed by atoms with Crippen LogP contribution >= 0.6 is 0 Å². The van der Waals surface area contributed by atoms with Crippen LogP contribution in [0.3, 0.4) is 0 Å². The number of rotatable bonds is 5. The van der Waals surface area contributed by atoms with Crippen LogP contribution in [-0.4, -0.2) is 35.5 Å². The van der Waals surface area contributed by atoms with Gasteiger partial charge in [0.25, 0.3) is 0 Å². The maximum absolute atomic E-state index is 11.5. The van der Waals surface area contributed by atoms with E-state index in [0.29, 0.717) is 18.9 Å². The quantitative estimate of drug-likeness (QED) is 0.721. The lowest BCUT2D eigenvalue weighted by atomic mass is 9.83. The van der Waals surface area contributed by atoms with Crippen molar-refractivity contribution >= 4 is 11.9 Å². The van der Waals surface area contributed by atoms with E-state index in [1.807, 2.05) is 0 Å². The van der Waals surface area contributed by atoms with Crippen molar-refractivity contribution in [2.75, 3.05) is 13.6 Å². The highest BCUT2D eigenvalue weighted by molar-refractivity contribution is 5.77. The SMILES string of the molecule is CN(CCC(=O)O)C(=O)CC1CCC1. The lowest BCUT2D eigenvalue weighted by Gasteiger charge is -2.26. The van der Waals surface area contributed by atoms with E-state index in [4.69, 9.17) is 5.11 Å². The summed E-state index contributed by atoms with van der Waals surface area (Å²) in [5, 5.41) is 8.45. The fraction of sp³-hybridized carbons (Fsp3) is 0.800. The minimum absolute atomic E-state index is 0.0346. The van der Waals surface area contributed by atoms with Crippen LogP contribution in [0.25, 0.3) is 0 Å². The Labute approximate surface area is 83.9 Å². The third-order valence-electron chi connectivity index (χ3n) is 2.77. The summed E-state index contributed by atoms with van der Waals surface area (Å²) in [6, 6.07) is 0. The summed E-state index contributed by atoms with van der Waals surface area (Å²) in [5.41, 5.74) is 0. The van der Waals surface area contributed by atoms with E-state index in [1.165, 1.54) is 11.3 Å². The first-order chi connectivity index (χ1) is 6.59. The number of hydrogen-bond donors (Lipinski definition) is 1. The molecule has 0 bridgehead atoms.